The normalized spacial score (nSPS) is 22.6. The van der Waals surface area contributed by atoms with Crippen LogP contribution in [0, 0.1) is 0 Å². The lowest BCUT2D eigenvalue weighted by Gasteiger charge is -2.11. The van der Waals surface area contributed by atoms with Crippen LogP contribution in [-0.4, -0.2) is 30.0 Å². The number of fused-ring (bicyclic) bond motifs is 1. The zero-order valence-electron chi connectivity index (χ0n) is 10.2. The molecule has 0 amide bonds. The number of thioether (sulfide) groups is 1. The van der Waals surface area contributed by atoms with Crippen LogP contribution in [0.5, 0.6) is 11.5 Å². The number of carbonyl (C=O) groups excluding carboxylic acids is 1. The largest absolute Gasteiger partial charge is 0.490 e. The molecule has 0 N–H and O–H groups in total. The Balaban J connectivity index is 1.84. The lowest BCUT2D eigenvalue weighted by Crippen LogP contribution is -2.14. The van der Waals surface area contributed by atoms with Gasteiger partial charge >= 0.3 is 0 Å². The van der Waals surface area contributed by atoms with Crippen LogP contribution in [0.2, 0.25) is 0 Å². The Kier molecular flexibility index (Phi) is 3.46. The van der Waals surface area contributed by atoms with Gasteiger partial charge in [-0.2, -0.15) is 11.8 Å². The van der Waals surface area contributed by atoms with Gasteiger partial charge in [-0.15, -0.1) is 0 Å². The van der Waals surface area contributed by atoms with Gasteiger partial charge < -0.3 is 9.47 Å². The van der Waals surface area contributed by atoms with E-state index in [1.54, 1.807) is 11.8 Å². The number of ketones is 1. The van der Waals surface area contributed by atoms with E-state index in [0.29, 0.717) is 19.0 Å². The third-order valence-electron chi connectivity index (χ3n) is 3.25. The maximum absolute atomic E-state index is 12.3. The number of hydrogen-bond donors (Lipinski definition) is 0. The van der Waals surface area contributed by atoms with Crippen molar-refractivity contribution in [2.24, 2.45) is 0 Å². The molecule has 96 valence electrons. The minimum absolute atomic E-state index is 0.134. The van der Waals surface area contributed by atoms with Gasteiger partial charge in [0.15, 0.2) is 17.3 Å². The van der Waals surface area contributed by atoms with Crippen LogP contribution in [0.1, 0.15) is 29.6 Å². The van der Waals surface area contributed by atoms with E-state index in [1.807, 2.05) is 18.2 Å². The van der Waals surface area contributed by atoms with Gasteiger partial charge in [0.1, 0.15) is 0 Å². The summed E-state index contributed by atoms with van der Waals surface area (Å²) in [5.41, 5.74) is 0.749. The average Bonchev–Trinajstić information content (AvgIpc) is 2.83. The Bertz CT molecular complexity index is 452. The molecule has 1 atom stereocenters. The molecule has 0 aromatic heterocycles. The van der Waals surface area contributed by atoms with Gasteiger partial charge in [-0.1, -0.05) is 0 Å². The van der Waals surface area contributed by atoms with Gasteiger partial charge in [0.05, 0.1) is 18.5 Å². The van der Waals surface area contributed by atoms with Crippen LogP contribution in [0.25, 0.3) is 0 Å². The summed E-state index contributed by atoms with van der Waals surface area (Å²) in [4.78, 5) is 12.3. The van der Waals surface area contributed by atoms with E-state index in [0.717, 1.165) is 36.3 Å². The van der Waals surface area contributed by atoms with E-state index in [2.05, 4.69) is 0 Å². The molecular weight excluding hydrogens is 248 g/mol. The zero-order valence-corrected chi connectivity index (χ0v) is 11.0. The highest BCUT2D eigenvalue weighted by Crippen LogP contribution is 2.34. The Labute approximate surface area is 111 Å². The molecule has 0 bridgehead atoms. The Morgan fingerprint density at radius 2 is 2.00 bits per heavy atom. The van der Waals surface area contributed by atoms with Gasteiger partial charge in [0, 0.05) is 12.0 Å². The summed E-state index contributed by atoms with van der Waals surface area (Å²) in [5, 5.41) is 0.134. The highest BCUT2D eigenvalue weighted by molar-refractivity contribution is 8.00. The maximum atomic E-state index is 12.3. The third kappa shape index (κ3) is 2.34. The van der Waals surface area contributed by atoms with E-state index in [1.165, 1.54) is 0 Å². The first-order chi connectivity index (χ1) is 8.84. The summed E-state index contributed by atoms with van der Waals surface area (Å²) >= 11 is 1.77. The van der Waals surface area contributed by atoms with E-state index in [4.69, 9.17) is 9.47 Å². The van der Waals surface area contributed by atoms with E-state index in [-0.39, 0.29) is 11.0 Å². The van der Waals surface area contributed by atoms with Crippen molar-refractivity contribution in [1.29, 1.82) is 0 Å². The Morgan fingerprint density at radius 3 is 2.78 bits per heavy atom. The summed E-state index contributed by atoms with van der Waals surface area (Å²) in [7, 11) is 0. The number of carbonyl (C=O) groups is 1. The molecule has 0 spiro atoms. The second kappa shape index (κ2) is 5.22. The quantitative estimate of drug-likeness (QED) is 0.769. The van der Waals surface area contributed by atoms with Crippen LogP contribution in [0.15, 0.2) is 18.2 Å². The van der Waals surface area contributed by atoms with Crippen LogP contribution in [0.4, 0.5) is 0 Å². The summed E-state index contributed by atoms with van der Waals surface area (Å²) < 4.78 is 11.2. The van der Waals surface area contributed by atoms with Crippen LogP contribution >= 0.6 is 11.8 Å². The summed E-state index contributed by atoms with van der Waals surface area (Å²) in [6.07, 6.45) is 3.03. The standard InChI is InChI=1S/C14H16O3S/c15-14(13-3-1-8-18-13)10-4-5-11-12(9-10)17-7-2-6-16-11/h4-5,9,13H,1-3,6-8H2. The molecule has 4 heteroatoms. The van der Waals surface area contributed by atoms with E-state index >= 15 is 0 Å². The van der Waals surface area contributed by atoms with Crippen molar-refractivity contribution in [2.45, 2.75) is 24.5 Å². The second-order valence-electron chi connectivity index (χ2n) is 4.58. The Morgan fingerprint density at radius 1 is 1.17 bits per heavy atom. The summed E-state index contributed by atoms with van der Waals surface area (Å²) in [6.45, 7) is 1.33. The maximum Gasteiger partial charge on any atom is 0.175 e. The summed E-state index contributed by atoms with van der Waals surface area (Å²) in [6, 6.07) is 5.55. The van der Waals surface area contributed by atoms with Crippen LogP contribution in [0.3, 0.4) is 0 Å². The molecule has 3 nitrogen and oxygen atoms in total. The third-order valence-corrected chi connectivity index (χ3v) is 4.63. The minimum Gasteiger partial charge on any atom is -0.490 e. The fourth-order valence-corrected chi connectivity index (χ4v) is 3.53. The lowest BCUT2D eigenvalue weighted by molar-refractivity contribution is 0.0988. The van der Waals surface area contributed by atoms with Crippen molar-refractivity contribution >= 4 is 17.5 Å². The first-order valence-corrected chi connectivity index (χ1v) is 7.45. The first kappa shape index (κ1) is 11.9. The molecule has 2 heterocycles. The van der Waals surface area contributed by atoms with Gasteiger partial charge in [-0.05, 0) is 36.8 Å². The van der Waals surface area contributed by atoms with Crippen LogP contribution < -0.4 is 9.47 Å². The molecular formula is C14H16O3S. The number of Topliss-reactive ketones (excluding diaryl/α,β-unsaturated/α-hetero) is 1. The first-order valence-electron chi connectivity index (χ1n) is 6.40. The monoisotopic (exact) mass is 264 g/mol. The highest BCUT2D eigenvalue weighted by Gasteiger charge is 2.25. The van der Waals surface area contributed by atoms with Crippen molar-refractivity contribution in [1.82, 2.24) is 0 Å². The fraction of sp³-hybridized carbons (Fsp3) is 0.500. The molecule has 0 saturated carbocycles. The molecule has 2 aliphatic rings. The molecule has 1 aromatic rings. The predicted octanol–water partition coefficient (Wildman–Crippen LogP) is 2.93. The molecule has 1 unspecified atom stereocenters. The van der Waals surface area contributed by atoms with Crippen molar-refractivity contribution in [3.63, 3.8) is 0 Å². The van der Waals surface area contributed by atoms with Gasteiger partial charge in [-0.3, -0.25) is 4.79 Å². The van der Waals surface area contributed by atoms with Crippen molar-refractivity contribution in [2.75, 3.05) is 19.0 Å². The number of hydrogen-bond acceptors (Lipinski definition) is 4. The SMILES string of the molecule is O=C(c1ccc2c(c1)OCCCO2)C1CCCS1. The number of ether oxygens (including phenoxy) is 2. The van der Waals surface area contributed by atoms with Crippen LogP contribution in [-0.2, 0) is 0 Å². The van der Waals surface area contributed by atoms with E-state index < -0.39 is 0 Å². The predicted molar refractivity (Wildman–Crippen MR) is 71.9 cm³/mol. The topological polar surface area (TPSA) is 35.5 Å². The van der Waals surface area contributed by atoms with Crippen molar-refractivity contribution in [3.05, 3.63) is 23.8 Å². The van der Waals surface area contributed by atoms with Crippen molar-refractivity contribution < 1.29 is 14.3 Å². The van der Waals surface area contributed by atoms with E-state index in [9.17, 15) is 4.79 Å². The smallest absolute Gasteiger partial charge is 0.175 e. The minimum atomic E-state index is 0.134. The molecule has 3 rings (SSSR count). The Hall–Kier alpha value is -1.16. The van der Waals surface area contributed by atoms with Gasteiger partial charge in [0.2, 0.25) is 0 Å². The fourth-order valence-electron chi connectivity index (χ4n) is 2.29. The number of rotatable bonds is 2. The van der Waals surface area contributed by atoms with Gasteiger partial charge in [-0.25, -0.2) is 0 Å². The van der Waals surface area contributed by atoms with Crippen molar-refractivity contribution in [3.8, 4) is 11.5 Å². The molecule has 2 aliphatic heterocycles. The van der Waals surface area contributed by atoms with Gasteiger partial charge in [0.25, 0.3) is 0 Å². The highest BCUT2D eigenvalue weighted by atomic mass is 32.2. The average molecular weight is 264 g/mol. The zero-order chi connectivity index (χ0) is 12.4. The lowest BCUT2D eigenvalue weighted by atomic mass is 10.0. The second-order valence-corrected chi connectivity index (χ2v) is 5.89. The summed E-state index contributed by atoms with van der Waals surface area (Å²) in [5.74, 6) is 2.79. The molecule has 18 heavy (non-hydrogen) atoms. The molecule has 1 aromatic carbocycles. The molecule has 1 saturated heterocycles. The molecule has 1 fully saturated rings. The number of benzene rings is 1. The molecule has 0 radical (unpaired) electrons. The molecule has 0 aliphatic carbocycles.